The van der Waals surface area contributed by atoms with Crippen molar-refractivity contribution in [3.63, 3.8) is 0 Å². The minimum absolute atomic E-state index is 0.343. The van der Waals surface area contributed by atoms with Gasteiger partial charge < -0.3 is 15.0 Å². The molecule has 1 unspecified atom stereocenters. The number of ether oxygens (including phenoxy) is 1. The molecule has 2 aromatic rings. The molecule has 1 atom stereocenters. The molecule has 2 rings (SSSR count). The van der Waals surface area contributed by atoms with Crippen molar-refractivity contribution in [1.29, 1.82) is 0 Å². The van der Waals surface area contributed by atoms with E-state index in [1.165, 1.54) is 11.1 Å². The van der Waals surface area contributed by atoms with Gasteiger partial charge in [-0.2, -0.15) is 4.98 Å². The molecule has 0 fully saturated rings. The van der Waals surface area contributed by atoms with Crippen LogP contribution in [-0.4, -0.2) is 23.9 Å². The second-order valence-electron chi connectivity index (χ2n) is 4.21. The van der Waals surface area contributed by atoms with E-state index in [1.807, 2.05) is 18.2 Å². The van der Waals surface area contributed by atoms with Crippen molar-refractivity contribution >= 4 is 0 Å². The Hall–Kier alpha value is -1.72. The Kier molecular flexibility index (Phi) is 4.07. The lowest BCUT2D eigenvalue weighted by molar-refractivity contribution is 0.177. The highest BCUT2D eigenvalue weighted by Crippen LogP contribution is 2.13. The Labute approximate surface area is 106 Å². The van der Waals surface area contributed by atoms with E-state index in [0.717, 1.165) is 0 Å². The molecular weight excluding hydrogens is 230 g/mol. The number of nitrogens with two attached hydrogens (primary N) is 1. The summed E-state index contributed by atoms with van der Waals surface area (Å²) in [5, 5.41) is 3.87. The van der Waals surface area contributed by atoms with Gasteiger partial charge in [-0.1, -0.05) is 29.4 Å². The molecule has 18 heavy (non-hydrogen) atoms. The Morgan fingerprint density at radius 1 is 1.39 bits per heavy atom. The van der Waals surface area contributed by atoms with Crippen molar-refractivity contribution in [2.24, 2.45) is 5.73 Å². The van der Waals surface area contributed by atoms with Crippen LogP contribution in [0.5, 0.6) is 0 Å². The monoisotopic (exact) mass is 247 g/mol. The van der Waals surface area contributed by atoms with Crippen molar-refractivity contribution < 1.29 is 9.26 Å². The second-order valence-corrected chi connectivity index (χ2v) is 4.21. The van der Waals surface area contributed by atoms with E-state index in [2.05, 4.69) is 23.1 Å². The summed E-state index contributed by atoms with van der Waals surface area (Å²) in [6.45, 7) is 2.44. The highest BCUT2D eigenvalue weighted by molar-refractivity contribution is 5.27. The van der Waals surface area contributed by atoms with Gasteiger partial charge in [-0.25, -0.2) is 0 Å². The second kappa shape index (κ2) is 5.75. The van der Waals surface area contributed by atoms with Gasteiger partial charge in [0.25, 0.3) is 0 Å². The van der Waals surface area contributed by atoms with Crippen LogP contribution in [0.1, 0.15) is 28.9 Å². The molecule has 5 nitrogen and oxygen atoms in total. The first-order chi connectivity index (χ1) is 8.70. The van der Waals surface area contributed by atoms with Crippen LogP contribution >= 0.6 is 0 Å². The van der Waals surface area contributed by atoms with Crippen LogP contribution in [-0.2, 0) is 11.2 Å². The fourth-order valence-corrected chi connectivity index (χ4v) is 1.72. The minimum Gasteiger partial charge on any atom is -0.383 e. The predicted molar refractivity (Wildman–Crippen MR) is 67.1 cm³/mol. The van der Waals surface area contributed by atoms with E-state index in [0.29, 0.717) is 24.7 Å². The molecule has 0 spiro atoms. The van der Waals surface area contributed by atoms with Gasteiger partial charge >= 0.3 is 0 Å². The molecule has 5 heteroatoms. The third-order valence-corrected chi connectivity index (χ3v) is 2.76. The molecular formula is C13H17N3O2. The average Bonchev–Trinajstić information content (AvgIpc) is 2.81. The largest absolute Gasteiger partial charge is 0.383 e. The third-order valence-electron chi connectivity index (χ3n) is 2.76. The van der Waals surface area contributed by atoms with Gasteiger partial charge in [0, 0.05) is 7.11 Å². The summed E-state index contributed by atoms with van der Waals surface area (Å²) in [5.41, 5.74) is 8.21. The summed E-state index contributed by atoms with van der Waals surface area (Å²) in [5.74, 6) is 1.06. The molecule has 0 aliphatic carbocycles. The number of aryl methyl sites for hydroxylation is 1. The lowest BCUT2D eigenvalue weighted by atomic mass is 10.1. The van der Waals surface area contributed by atoms with E-state index < -0.39 is 0 Å². The fraction of sp³-hybridized carbons (Fsp3) is 0.385. The molecule has 0 radical (unpaired) electrons. The number of rotatable bonds is 5. The Morgan fingerprint density at radius 2 is 2.17 bits per heavy atom. The van der Waals surface area contributed by atoms with Crippen molar-refractivity contribution in [3.8, 4) is 0 Å². The summed E-state index contributed by atoms with van der Waals surface area (Å²) in [4.78, 5) is 4.28. The van der Waals surface area contributed by atoms with Crippen LogP contribution in [0.25, 0.3) is 0 Å². The zero-order valence-electron chi connectivity index (χ0n) is 10.6. The van der Waals surface area contributed by atoms with Crippen LogP contribution in [0.15, 0.2) is 28.8 Å². The number of methoxy groups -OCH3 is 1. The molecule has 1 aromatic heterocycles. The lowest BCUT2D eigenvalue weighted by Gasteiger charge is -2.03. The van der Waals surface area contributed by atoms with Gasteiger partial charge in [0.1, 0.15) is 0 Å². The molecule has 0 amide bonds. The molecule has 1 heterocycles. The van der Waals surface area contributed by atoms with E-state index in [1.54, 1.807) is 7.11 Å². The highest BCUT2D eigenvalue weighted by Gasteiger charge is 2.14. The smallest absolute Gasteiger partial charge is 0.231 e. The Morgan fingerprint density at radius 3 is 2.89 bits per heavy atom. The van der Waals surface area contributed by atoms with E-state index in [4.69, 9.17) is 15.0 Å². The first kappa shape index (κ1) is 12.7. The molecule has 0 aliphatic heterocycles. The van der Waals surface area contributed by atoms with Crippen molar-refractivity contribution in [1.82, 2.24) is 10.1 Å². The molecule has 2 N–H and O–H groups in total. The SMILES string of the molecule is COCC(N)c1noc(Cc2ccccc2C)n1. The van der Waals surface area contributed by atoms with E-state index in [-0.39, 0.29) is 6.04 Å². The fourth-order valence-electron chi connectivity index (χ4n) is 1.72. The van der Waals surface area contributed by atoms with Gasteiger partial charge in [0.05, 0.1) is 19.1 Å². The van der Waals surface area contributed by atoms with Crippen LogP contribution in [0, 0.1) is 6.92 Å². The summed E-state index contributed by atoms with van der Waals surface area (Å²) in [7, 11) is 1.59. The minimum atomic E-state index is -0.343. The maximum absolute atomic E-state index is 5.83. The quantitative estimate of drug-likeness (QED) is 0.869. The number of hydrogen-bond acceptors (Lipinski definition) is 5. The number of nitrogens with zero attached hydrogens (tertiary/aromatic N) is 2. The summed E-state index contributed by atoms with van der Waals surface area (Å²) in [6.07, 6.45) is 0.624. The van der Waals surface area contributed by atoms with Crippen molar-refractivity contribution in [2.45, 2.75) is 19.4 Å². The van der Waals surface area contributed by atoms with Gasteiger partial charge in [-0.15, -0.1) is 0 Å². The normalized spacial score (nSPS) is 12.6. The Balaban J connectivity index is 2.09. The van der Waals surface area contributed by atoms with E-state index >= 15 is 0 Å². The molecule has 1 aromatic carbocycles. The van der Waals surface area contributed by atoms with Crippen LogP contribution in [0.2, 0.25) is 0 Å². The molecule has 96 valence electrons. The average molecular weight is 247 g/mol. The summed E-state index contributed by atoms with van der Waals surface area (Å²) >= 11 is 0. The van der Waals surface area contributed by atoms with Gasteiger partial charge in [0.15, 0.2) is 5.82 Å². The van der Waals surface area contributed by atoms with Crippen LogP contribution in [0.4, 0.5) is 0 Å². The first-order valence-corrected chi connectivity index (χ1v) is 5.82. The van der Waals surface area contributed by atoms with Crippen LogP contribution < -0.4 is 5.73 Å². The number of benzene rings is 1. The van der Waals surface area contributed by atoms with Gasteiger partial charge in [-0.3, -0.25) is 0 Å². The standard InChI is InChI=1S/C13H17N3O2/c1-9-5-3-4-6-10(9)7-12-15-13(16-18-12)11(14)8-17-2/h3-6,11H,7-8,14H2,1-2H3. The van der Waals surface area contributed by atoms with Gasteiger partial charge in [0.2, 0.25) is 5.89 Å². The number of hydrogen-bond donors (Lipinski definition) is 1. The lowest BCUT2D eigenvalue weighted by Crippen LogP contribution is -2.17. The molecule has 0 saturated carbocycles. The molecule has 0 aliphatic rings. The summed E-state index contributed by atoms with van der Waals surface area (Å²) in [6, 6.07) is 7.77. The van der Waals surface area contributed by atoms with Crippen LogP contribution in [0.3, 0.4) is 0 Å². The zero-order chi connectivity index (χ0) is 13.0. The highest BCUT2D eigenvalue weighted by atomic mass is 16.5. The molecule has 0 bridgehead atoms. The predicted octanol–water partition coefficient (Wildman–Crippen LogP) is 1.62. The molecule has 0 saturated heterocycles. The van der Waals surface area contributed by atoms with E-state index in [9.17, 15) is 0 Å². The Bertz CT molecular complexity index is 510. The first-order valence-electron chi connectivity index (χ1n) is 5.82. The number of aromatic nitrogens is 2. The maximum Gasteiger partial charge on any atom is 0.231 e. The van der Waals surface area contributed by atoms with Crippen molar-refractivity contribution in [2.75, 3.05) is 13.7 Å². The topological polar surface area (TPSA) is 74.2 Å². The summed E-state index contributed by atoms with van der Waals surface area (Å²) < 4.78 is 10.2. The third kappa shape index (κ3) is 2.94. The van der Waals surface area contributed by atoms with Gasteiger partial charge in [-0.05, 0) is 18.1 Å². The maximum atomic E-state index is 5.83. The van der Waals surface area contributed by atoms with Crippen molar-refractivity contribution in [3.05, 3.63) is 47.1 Å². The zero-order valence-corrected chi connectivity index (χ0v) is 10.6.